The van der Waals surface area contributed by atoms with E-state index in [1.807, 2.05) is 0 Å². The van der Waals surface area contributed by atoms with E-state index in [0.717, 1.165) is 42.2 Å². The second-order valence-corrected chi connectivity index (χ2v) is 15.9. The quantitative estimate of drug-likeness (QED) is 0.176. The number of hydrogen-bond acceptors (Lipinski definition) is 2. The molecule has 56 heavy (non-hydrogen) atoms. The molecule has 1 aliphatic carbocycles. The zero-order chi connectivity index (χ0) is 37.4. The van der Waals surface area contributed by atoms with Crippen molar-refractivity contribution in [2.75, 3.05) is 11.5 Å². The van der Waals surface area contributed by atoms with Crippen molar-refractivity contribution in [3.05, 3.63) is 192 Å². The van der Waals surface area contributed by atoms with Crippen LogP contribution in [0, 0.1) is 0 Å². The standard InChI is InChI=1S/C53H42N2O/c1-53(2)48-23-10-8-20-46(48)52-47(43-21-12-16-37-34-56-29-13-22-42(37)43)31-41(32-49(52)53)54(39-26-25-35-14-6-7-15-36(35)30-39)40-27-28-45-44-19-9-11-24-50(44)55(51(45)33-40)38-17-4-3-5-18-38/h3-12,14-21,23-28,30-33H,13,22,29,34H2,1-2H3. The molecule has 11 rings (SSSR count). The molecule has 2 heterocycles. The third kappa shape index (κ3) is 5.08. The molecule has 0 amide bonds. The highest BCUT2D eigenvalue weighted by Crippen LogP contribution is 2.55. The van der Waals surface area contributed by atoms with E-state index in [2.05, 4.69) is 193 Å². The number of nitrogens with zero attached hydrogens (tertiary/aromatic N) is 2. The summed E-state index contributed by atoms with van der Waals surface area (Å²) in [6.07, 6.45) is 2.03. The first-order chi connectivity index (χ1) is 27.5. The molecule has 0 bridgehead atoms. The molecule has 1 aromatic heterocycles. The predicted octanol–water partition coefficient (Wildman–Crippen LogP) is 13.8. The first-order valence-corrected chi connectivity index (χ1v) is 19.9. The van der Waals surface area contributed by atoms with E-state index in [1.165, 1.54) is 77.1 Å². The lowest BCUT2D eigenvalue weighted by Crippen LogP contribution is -2.17. The lowest BCUT2D eigenvalue weighted by Gasteiger charge is -2.30. The van der Waals surface area contributed by atoms with Gasteiger partial charge in [-0.25, -0.2) is 0 Å². The van der Waals surface area contributed by atoms with Gasteiger partial charge in [0.05, 0.1) is 17.6 Å². The Morgan fingerprint density at radius 2 is 1.27 bits per heavy atom. The van der Waals surface area contributed by atoms with Gasteiger partial charge in [-0.3, -0.25) is 0 Å². The molecule has 0 fully saturated rings. The first-order valence-electron chi connectivity index (χ1n) is 19.9. The fourth-order valence-corrected chi connectivity index (χ4v) is 9.71. The largest absolute Gasteiger partial charge is 0.377 e. The average molecular weight is 723 g/mol. The summed E-state index contributed by atoms with van der Waals surface area (Å²) in [6, 6.07) is 63.0. The van der Waals surface area contributed by atoms with E-state index < -0.39 is 0 Å². The molecule has 0 spiro atoms. The van der Waals surface area contributed by atoms with Crippen LogP contribution in [0.2, 0.25) is 0 Å². The Kier molecular flexibility index (Phi) is 7.55. The van der Waals surface area contributed by atoms with Gasteiger partial charge in [0.1, 0.15) is 0 Å². The van der Waals surface area contributed by atoms with Gasteiger partial charge in [0, 0.05) is 45.5 Å². The second-order valence-electron chi connectivity index (χ2n) is 15.9. The normalized spacial score (nSPS) is 14.4. The summed E-state index contributed by atoms with van der Waals surface area (Å²) in [5.74, 6) is 0. The van der Waals surface area contributed by atoms with Gasteiger partial charge in [-0.1, -0.05) is 129 Å². The summed E-state index contributed by atoms with van der Waals surface area (Å²) < 4.78 is 8.51. The van der Waals surface area contributed by atoms with Crippen molar-refractivity contribution in [3.8, 4) is 27.9 Å². The van der Waals surface area contributed by atoms with E-state index in [0.29, 0.717) is 6.61 Å². The Morgan fingerprint density at radius 1 is 0.536 bits per heavy atom. The van der Waals surface area contributed by atoms with Gasteiger partial charge in [-0.2, -0.15) is 0 Å². The maximum Gasteiger partial charge on any atom is 0.0719 e. The Morgan fingerprint density at radius 3 is 2.18 bits per heavy atom. The molecular weight excluding hydrogens is 681 g/mol. The molecule has 3 nitrogen and oxygen atoms in total. The van der Waals surface area contributed by atoms with Crippen molar-refractivity contribution < 1.29 is 4.74 Å². The predicted molar refractivity (Wildman–Crippen MR) is 234 cm³/mol. The highest BCUT2D eigenvalue weighted by atomic mass is 16.5. The Labute approximate surface area is 328 Å². The molecule has 0 atom stereocenters. The Balaban J connectivity index is 1.22. The minimum Gasteiger partial charge on any atom is -0.377 e. The molecule has 0 N–H and O–H groups in total. The summed E-state index contributed by atoms with van der Waals surface area (Å²) in [4.78, 5) is 2.49. The van der Waals surface area contributed by atoms with Crippen molar-refractivity contribution in [3.63, 3.8) is 0 Å². The number of para-hydroxylation sites is 2. The fourth-order valence-electron chi connectivity index (χ4n) is 9.71. The summed E-state index contributed by atoms with van der Waals surface area (Å²) in [7, 11) is 0. The van der Waals surface area contributed by atoms with Crippen molar-refractivity contribution in [2.45, 2.75) is 38.7 Å². The van der Waals surface area contributed by atoms with Crippen molar-refractivity contribution in [1.29, 1.82) is 0 Å². The van der Waals surface area contributed by atoms with E-state index >= 15 is 0 Å². The molecule has 1 aliphatic heterocycles. The summed E-state index contributed by atoms with van der Waals surface area (Å²) >= 11 is 0. The smallest absolute Gasteiger partial charge is 0.0719 e. The monoisotopic (exact) mass is 722 g/mol. The molecule has 3 heteroatoms. The topological polar surface area (TPSA) is 17.4 Å². The minimum atomic E-state index is -0.190. The van der Waals surface area contributed by atoms with Gasteiger partial charge < -0.3 is 14.2 Å². The van der Waals surface area contributed by atoms with Crippen molar-refractivity contribution >= 4 is 49.6 Å². The van der Waals surface area contributed by atoms with E-state index in [9.17, 15) is 0 Å². The summed E-state index contributed by atoms with van der Waals surface area (Å²) in [6.45, 7) is 6.25. The molecule has 2 aliphatic rings. The van der Waals surface area contributed by atoms with Crippen LogP contribution in [-0.2, 0) is 23.2 Å². The van der Waals surface area contributed by atoms with Crippen LogP contribution in [0.1, 0.15) is 42.5 Å². The third-order valence-corrected chi connectivity index (χ3v) is 12.4. The molecule has 0 saturated heterocycles. The third-order valence-electron chi connectivity index (χ3n) is 12.4. The van der Waals surface area contributed by atoms with Gasteiger partial charge in [-0.05, 0) is 123 Å². The van der Waals surface area contributed by atoms with Gasteiger partial charge in [0.25, 0.3) is 0 Å². The molecular formula is C53H42N2O. The number of benzene rings is 8. The van der Waals surface area contributed by atoms with Crippen LogP contribution in [-0.4, -0.2) is 11.2 Å². The van der Waals surface area contributed by atoms with Crippen LogP contribution in [0.3, 0.4) is 0 Å². The van der Waals surface area contributed by atoms with E-state index in [1.54, 1.807) is 0 Å². The second kappa shape index (κ2) is 12.8. The zero-order valence-corrected chi connectivity index (χ0v) is 31.8. The SMILES string of the molecule is CC1(C)c2ccccc2-c2c(-c3cccc4c3CCCOC4)cc(N(c3ccc4ccccc4c3)c3ccc4c5ccccc5n(-c5ccccc5)c4c3)cc21. The maximum absolute atomic E-state index is 6.09. The number of ether oxygens (including phenoxy) is 1. The average Bonchev–Trinajstić information content (AvgIpc) is 3.54. The summed E-state index contributed by atoms with van der Waals surface area (Å²) in [5, 5.41) is 4.95. The van der Waals surface area contributed by atoms with Gasteiger partial charge >= 0.3 is 0 Å². The Hall–Kier alpha value is -6.42. The summed E-state index contributed by atoms with van der Waals surface area (Å²) in [5.41, 5.74) is 17.5. The number of hydrogen-bond donors (Lipinski definition) is 0. The fraction of sp³-hybridized carbons (Fsp3) is 0.132. The number of aromatic nitrogens is 1. The lowest BCUT2D eigenvalue weighted by atomic mass is 9.81. The first kappa shape index (κ1) is 33.0. The highest BCUT2D eigenvalue weighted by molar-refractivity contribution is 6.10. The number of anilines is 3. The molecule has 270 valence electrons. The molecule has 0 unspecified atom stereocenters. The van der Waals surface area contributed by atoms with Gasteiger partial charge in [0.2, 0.25) is 0 Å². The number of rotatable bonds is 5. The van der Waals surface area contributed by atoms with Gasteiger partial charge in [-0.15, -0.1) is 0 Å². The maximum atomic E-state index is 6.09. The van der Waals surface area contributed by atoms with Gasteiger partial charge in [0.15, 0.2) is 0 Å². The highest BCUT2D eigenvalue weighted by Gasteiger charge is 2.38. The lowest BCUT2D eigenvalue weighted by molar-refractivity contribution is 0.125. The minimum absolute atomic E-state index is 0.190. The van der Waals surface area contributed by atoms with Crippen LogP contribution < -0.4 is 4.90 Å². The van der Waals surface area contributed by atoms with Crippen LogP contribution in [0.15, 0.2) is 170 Å². The van der Waals surface area contributed by atoms with E-state index in [4.69, 9.17) is 4.74 Å². The van der Waals surface area contributed by atoms with Crippen LogP contribution in [0.25, 0.3) is 60.5 Å². The van der Waals surface area contributed by atoms with Crippen molar-refractivity contribution in [1.82, 2.24) is 4.57 Å². The van der Waals surface area contributed by atoms with Crippen LogP contribution >= 0.6 is 0 Å². The van der Waals surface area contributed by atoms with Crippen LogP contribution in [0.5, 0.6) is 0 Å². The molecule has 0 radical (unpaired) electrons. The Bertz CT molecular complexity index is 2990. The molecule has 9 aromatic rings. The number of fused-ring (bicyclic) bond motifs is 8. The molecule has 8 aromatic carbocycles. The zero-order valence-electron chi connectivity index (χ0n) is 31.8. The van der Waals surface area contributed by atoms with Crippen molar-refractivity contribution in [2.24, 2.45) is 0 Å². The van der Waals surface area contributed by atoms with Crippen LogP contribution in [0.4, 0.5) is 17.1 Å². The van der Waals surface area contributed by atoms with E-state index in [-0.39, 0.29) is 5.41 Å². The molecule has 0 saturated carbocycles.